The van der Waals surface area contributed by atoms with Gasteiger partial charge in [0.25, 0.3) is 5.91 Å². The number of nitrogens with zero attached hydrogens (tertiary/aromatic N) is 2. The van der Waals surface area contributed by atoms with E-state index in [0.29, 0.717) is 18.7 Å². The van der Waals surface area contributed by atoms with Gasteiger partial charge in [-0.2, -0.15) is 5.10 Å². The predicted molar refractivity (Wildman–Crippen MR) is 75.5 cm³/mol. The molecule has 6 nitrogen and oxygen atoms in total. The largest absolute Gasteiger partial charge is 0.754 e. The number of carbonyl (C=O) groups excluding carboxylic acids is 1. The molecule has 1 atom stereocenters. The SMILES string of the molecule is O=C(/C(=N\NS(=O)[O-])c1ccccc1)N1CCCCC1.[Ar]. The number of benzene rings is 1. The smallest absolute Gasteiger partial charge is 0.274 e. The number of hydrogen-bond donors (Lipinski definition) is 1. The van der Waals surface area contributed by atoms with Crippen LogP contribution in [-0.2, 0) is 16.1 Å². The third kappa shape index (κ3) is 5.67. The molecule has 1 aliphatic rings. The van der Waals surface area contributed by atoms with Crippen molar-refractivity contribution in [3.05, 3.63) is 35.9 Å². The Morgan fingerprint density at radius 1 is 1.19 bits per heavy atom. The van der Waals surface area contributed by atoms with E-state index >= 15 is 0 Å². The summed E-state index contributed by atoms with van der Waals surface area (Å²) in [5, 5.41) is 3.73. The number of hydrazone groups is 1. The van der Waals surface area contributed by atoms with Gasteiger partial charge < -0.3 is 9.45 Å². The van der Waals surface area contributed by atoms with E-state index in [-0.39, 0.29) is 49.4 Å². The van der Waals surface area contributed by atoms with Crippen LogP contribution in [0.5, 0.6) is 0 Å². The van der Waals surface area contributed by atoms with Gasteiger partial charge in [-0.15, -0.1) is 0 Å². The molecule has 1 unspecified atom stereocenters. The van der Waals surface area contributed by atoms with Gasteiger partial charge in [-0.25, -0.2) is 4.83 Å². The molecule has 21 heavy (non-hydrogen) atoms. The summed E-state index contributed by atoms with van der Waals surface area (Å²) >= 11 is -2.54. The molecular formula is C13H16ArN3O3S-. The second kappa shape index (κ2) is 9.53. The number of carbonyl (C=O) groups is 1. The first-order chi connectivity index (χ1) is 9.68. The van der Waals surface area contributed by atoms with Crippen molar-refractivity contribution in [1.82, 2.24) is 9.73 Å². The van der Waals surface area contributed by atoms with Crippen molar-refractivity contribution in [1.29, 1.82) is 0 Å². The summed E-state index contributed by atoms with van der Waals surface area (Å²) in [5.74, 6) is -0.242. The van der Waals surface area contributed by atoms with Crippen LogP contribution >= 0.6 is 0 Å². The molecule has 0 radical (unpaired) electrons. The molecule has 1 heterocycles. The van der Waals surface area contributed by atoms with Crippen molar-refractivity contribution >= 4 is 22.9 Å². The Morgan fingerprint density at radius 2 is 1.81 bits per heavy atom. The van der Waals surface area contributed by atoms with Gasteiger partial charge in [0.1, 0.15) is 0 Å². The molecule has 1 aliphatic heterocycles. The maximum Gasteiger partial charge on any atom is 0.274 e. The fourth-order valence-electron chi connectivity index (χ4n) is 2.16. The number of rotatable bonds is 4. The molecule has 1 N–H and O–H groups in total. The van der Waals surface area contributed by atoms with Gasteiger partial charge in [0.2, 0.25) is 0 Å². The number of nitrogens with one attached hydrogen (secondary N) is 1. The number of likely N-dealkylation sites (tertiary alicyclic amines) is 1. The zero-order valence-electron chi connectivity index (χ0n) is 11.3. The van der Waals surface area contributed by atoms with Gasteiger partial charge in [0.15, 0.2) is 5.71 Å². The monoisotopic (exact) mass is 334 g/mol. The average Bonchev–Trinajstić information content (AvgIpc) is 2.49. The predicted octanol–water partition coefficient (Wildman–Crippen LogP) is 0.787. The molecule has 0 spiro atoms. The summed E-state index contributed by atoms with van der Waals surface area (Å²) in [6.45, 7) is 1.37. The van der Waals surface area contributed by atoms with Crippen LogP contribution in [0.1, 0.15) is 24.8 Å². The molecular weight excluding hydrogens is 318 g/mol. The number of hydrogen-bond acceptors (Lipinski definition) is 4. The number of piperidine rings is 1. The minimum atomic E-state index is -2.54. The van der Waals surface area contributed by atoms with E-state index in [1.165, 1.54) is 0 Å². The summed E-state index contributed by atoms with van der Waals surface area (Å²) in [6.07, 6.45) is 3.05. The van der Waals surface area contributed by atoms with E-state index in [1.807, 2.05) is 10.9 Å². The molecule has 1 saturated heterocycles. The Morgan fingerprint density at radius 3 is 2.38 bits per heavy atom. The van der Waals surface area contributed by atoms with Gasteiger partial charge in [-0.3, -0.25) is 9.00 Å². The third-order valence-corrected chi connectivity index (χ3v) is 3.37. The molecule has 1 aromatic carbocycles. The van der Waals surface area contributed by atoms with Crippen LogP contribution in [0.25, 0.3) is 0 Å². The fourth-order valence-corrected chi connectivity index (χ4v) is 2.33. The molecule has 2 rings (SSSR count). The van der Waals surface area contributed by atoms with E-state index in [2.05, 4.69) is 5.10 Å². The molecule has 0 aromatic heterocycles. The normalized spacial score (nSPS) is 16.8. The van der Waals surface area contributed by atoms with Crippen molar-refractivity contribution < 1.29 is 51.3 Å². The van der Waals surface area contributed by atoms with Crippen LogP contribution in [0.4, 0.5) is 0 Å². The van der Waals surface area contributed by atoms with Gasteiger partial charge in [-0.1, -0.05) is 30.3 Å². The Labute approximate surface area is 156 Å². The summed E-state index contributed by atoms with van der Waals surface area (Å²) in [4.78, 5) is 16.1. The molecule has 1 aromatic rings. The van der Waals surface area contributed by atoms with Crippen molar-refractivity contribution in [3.8, 4) is 0 Å². The van der Waals surface area contributed by atoms with Gasteiger partial charge >= 0.3 is 0 Å². The third-order valence-electron chi connectivity index (χ3n) is 3.13. The summed E-state index contributed by atoms with van der Waals surface area (Å²) in [5.41, 5.74) is 0.720. The van der Waals surface area contributed by atoms with Crippen LogP contribution in [0, 0.1) is 37.7 Å². The first-order valence-corrected chi connectivity index (χ1v) is 7.53. The van der Waals surface area contributed by atoms with Gasteiger partial charge in [0.05, 0.1) is 11.3 Å². The van der Waals surface area contributed by atoms with Crippen LogP contribution in [-0.4, -0.2) is 38.4 Å². The summed E-state index contributed by atoms with van der Waals surface area (Å²) in [6, 6.07) is 8.85. The van der Waals surface area contributed by atoms with Crippen molar-refractivity contribution in [2.75, 3.05) is 13.1 Å². The van der Waals surface area contributed by atoms with Crippen LogP contribution in [0.15, 0.2) is 35.4 Å². The van der Waals surface area contributed by atoms with E-state index < -0.39 is 11.3 Å². The van der Waals surface area contributed by atoms with Gasteiger partial charge in [0, 0.05) is 56.4 Å². The number of amides is 1. The van der Waals surface area contributed by atoms with Crippen molar-refractivity contribution in [3.63, 3.8) is 0 Å². The van der Waals surface area contributed by atoms with Crippen molar-refractivity contribution in [2.45, 2.75) is 19.3 Å². The maximum absolute atomic E-state index is 12.5. The molecule has 8 heteroatoms. The van der Waals surface area contributed by atoms with Crippen LogP contribution in [0.2, 0.25) is 0 Å². The summed E-state index contributed by atoms with van der Waals surface area (Å²) in [7, 11) is 0. The fraction of sp³-hybridized carbons (Fsp3) is 0.385. The molecule has 0 saturated carbocycles. The quantitative estimate of drug-likeness (QED) is 0.502. The molecule has 0 bridgehead atoms. The molecule has 116 valence electrons. The average molecular weight is 334 g/mol. The molecule has 1 fully saturated rings. The first kappa shape index (κ1) is 18.6. The minimum absolute atomic E-state index is 0. The second-order valence-electron chi connectivity index (χ2n) is 4.51. The van der Waals surface area contributed by atoms with Crippen LogP contribution < -0.4 is 4.83 Å². The van der Waals surface area contributed by atoms with E-state index in [9.17, 15) is 13.6 Å². The van der Waals surface area contributed by atoms with E-state index in [0.717, 1.165) is 19.3 Å². The zero-order valence-corrected chi connectivity index (χ0v) is 12.8. The van der Waals surface area contributed by atoms with Crippen LogP contribution in [0.3, 0.4) is 0 Å². The Bertz CT molecular complexity index is 519. The Balaban J connectivity index is 0.00000220. The van der Waals surface area contributed by atoms with E-state index in [1.54, 1.807) is 29.2 Å². The zero-order chi connectivity index (χ0) is 14.4. The Kier molecular flexibility index (Phi) is 8.43. The topological polar surface area (TPSA) is 84.8 Å². The standard InChI is InChI=1S/C13H17N3O3S.Ar/c17-13(16-9-5-2-6-10-16)12(14-15-20(18)19)11-7-3-1-4-8-11;/h1,3-4,7-8,15H,2,5-6,9-10H2,(H,18,19);/p-1/b14-12-;. The first-order valence-electron chi connectivity index (χ1n) is 6.46. The van der Waals surface area contributed by atoms with Crippen molar-refractivity contribution in [2.24, 2.45) is 5.10 Å². The molecule has 0 aliphatic carbocycles. The maximum atomic E-state index is 12.5. The minimum Gasteiger partial charge on any atom is -0.754 e. The Hall–Kier alpha value is -0.470. The van der Waals surface area contributed by atoms with E-state index in [4.69, 9.17) is 0 Å². The molecule has 1 amide bonds. The van der Waals surface area contributed by atoms with Gasteiger partial charge in [-0.05, 0) is 19.3 Å². The second-order valence-corrected chi connectivity index (χ2v) is 5.16. The summed E-state index contributed by atoms with van der Waals surface area (Å²) < 4.78 is 21.2.